The van der Waals surface area contributed by atoms with Gasteiger partial charge in [-0.1, -0.05) is 29.3 Å². The highest BCUT2D eigenvalue weighted by molar-refractivity contribution is 6.35. The molecule has 0 aliphatic carbocycles. The summed E-state index contributed by atoms with van der Waals surface area (Å²) in [6.07, 6.45) is 0.936. The maximum absolute atomic E-state index is 12.8. The lowest BCUT2D eigenvalue weighted by Crippen LogP contribution is -2.43. The first-order valence-corrected chi connectivity index (χ1v) is 13.8. The van der Waals surface area contributed by atoms with E-state index >= 15 is 0 Å². The van der Waals surface area contributed by atoms with Crippen molar-refractivity contribution in [3.8, 4) is 0 Å². The second-order valence-corrected chi connectivity index (χ2v) is 11.2. The summed E-state index contributed by atoms with van der Waals surface area (Å²) in [6, 6.07) is 7.37. The Hall–Kier alpha value is -2.83. The van der Waals surface area contributed by atoms with Crippen LogP contribution in [0.25, 0.3) is 0 Å². The number of aliphatic carboxylic acids is 1. The third kappa shape index (κ3) is 7.67. The molecule has 3 saturated heterocycles. The molecular weight excluding hydrogens is 572 g/mol. The van der Waals surface area contributed by atoms with E-state index < -0.39 is 12.1 Å². The van der Waals surface area contributed by atoms with E-state index in [4.69, 9.17) is 38.1 Å². The summed E-state index contributed by atoms with van der Waals surface area (Å²) in [5, 5.41) is 15.0. The van der Waals surface area contributed by atoms with E-state index in [9.17, 15) is 18.0 Å². The van der Waals surface area contributed by atoms with E-state index in [0.29, 0.717) is 22.5 Å². The van der Waals surface area contributed by atoms with Gasteiger partial charge >= 0.3 is 12.1 Å². The first-order chi connectivity index (χ1) is 19.0. The lowest BCUT2D eigenvalue weighted by Gasteiger charge is -2.39. The van der Waals surface area contributed by atoms with Crippen LogP contribution >= 0.6 is 23.2 Å². The normalized spacial score (nSPS) is 20.3. The average Bonchev–Trinajstić information content (AvgIpc) is 3.59. The predicted molar refractivity (Wildman–Crippen MR) is 146 cm³/mol. The van der Waals surface area contributed by atoms with Gasteiger partial charge in [0.05, 0.1) is 5.92 Å². The molecule has 1 aromatic carbocycles. The van der Waals surface area contributed by atoms with E-state index in [0.717, 1.165) is 82.3 Å². The summed E-state index contributed by atoms with van der Waals surface area (Å²) in [5.41, 5.74) is 1.22. The number of piperidine rings is 1. The van der Waals surface area contributed by atoms with Gasteiger partial charge in [-0.15, -0.1) is 0 Å². The van der Waals surface area contributed by atoms with Crippen LogP contribution in [0.3, 0.4) is 0 Å². The van der Waals surface area contributed by atoms with Gasteiger partial charge in [0.15, 0.2) is 0 Å². The predicted octanol–water partition coefficient (Wildman–Crippen LogP) is 4.46. The van der Waals surface area contributed by atoms with Crippen molar-refractivity contribution in [2.45, 2.75) is 38.4 Å². The summed E-state index contributed by atoms with van der Waals surface area (Å²) in [4.78, 5) is 35.4. The zero-order chi connectivity index (χ0) is 28.9. The van der Waals surface area contributed by atoms with Crippen LogP contribution in [0, 0.1) is 11.3 Å². The third-order valence-corrected chi connectivity index (χ3v) is 8.21. The number of likely N-dealkylation sites (tertiary alicyclic amines) is 1. The number of halogens is 5. The molecule has 0 bridgehead atoms. The van der Waals surface area contributed by atoms with Crippen molar-refractivity contribution in [1.82, 2.24) is 20.2 Å². The van der Waals surface area contributed by atoms with Gasteiger partial charge in [0, 0.05) is 55.5 Å². The molecule has 40 heavy (non-hydrogen) atoms. The fourth-order valence-electron chi connectivity index (χ4n) is 5.29. The van der Waals surface area contributed by atoms with Crippen molar-refractivity contribution >= 4 is 46.8 Å². The molecule has 3 N–H and O–H groups in total. The second kappa shape index (κ2) is 12.8. The number of nitrogens with zero attached hydrogens (tertiary/aromatic N) is 4. The first kappa shape index (κ1) is 30.1. The second-order valence-electron chi connectivity index (χ2n) is 10.3. The Balaban J connectivity index is 0.000000470. The fraction of sp³-hybridized carbons (Fsp3) is 0.538. The molecule has 3 fully saturated rings. The number of rotatable bonds is 5. The Morgan fingerprint density at radius 3 is 2.48 bits per heavy atom. The molecule has 3 aliphatic heterocycles. The van der Waals surface area contributed by atoms with Crippen LogP contribution in [0.1, 0.15) is 31.2 Å². The maximum atomic E-state index is 12.8. The lowest BCUT2D eigenvalue weighted by molar-refractivity contribution is -0.192. The van der Waals surface area contributed by atoms with Crippen LogP contribution < -0.4 is 15.5 Å². The summed E-state index contributed by atoms with van der Waals surface area (Å²) in [6.45, 7) is 6.00. The maximum Gasteiger partial charge on any atom is 0.490 e. The third-order valence-electron chi connectivity index (χ3n) is 7.63. The highest BCUT2D eigenvalue weighted by Gasteiger charge is 2.43. The number of carbonyl (C=O) groups excluding carboxylic acids is 1. The van der Waals surface area contributed by atoms with Gasteiger partial charge < -0.3 is 25.5 Å². The smallest absolute Gasteiger partial charge is 0.475 e. The lowest BCUT2D eigenvalue weighted by atomic mass is 9.78. The van der Waals surface area contributed by atoms with E-state index in [1.54, 1.807) is 12.3 Å². The highest BCUT2D eigenvalue weighted by Crippen LogP contribution is 2.41. The fourth-order valence-corrected chi connectivity index (χ4v) is 5.76. The van der Waals surface area contributed by atoms with Gasteiger partial charge in [-0.3, -0.25) is 4.79 Å². The van der Waals surface area contributed by atoms with E-state index in [2.05, 4.69) is 25.4 Å². The van der Waals surface area contributed by atoms with Crippen LogP contribution in [0.5, 0.6) is 0 Å². The number of hydrogen-bond acceptors (Lipinski definition) is 7. The summed E-state index contributed by atoms with van der Waals surface area (Å²) < 4.78 is 31.7. The van der Waals surface area contributed by atoms with Crippen LogP contribution in [-0.2, 0) is 16.1 Å². The number of amides is 1. The molecular formula is C26H31Cl2F3N6O3. The molecule has 1 aromatic heterocycles. The minimum Gasteiger partial charge on any atom is -0.475 e. The summed E-state index contributed by atoms with van der Waals surface area (Å²) >= 11 is 12.3. The minimum atomic E-state index is -5.08. The topological polar surface area (TPSA) is 111 Å². The van der Waals surface area contributed by atoms with Gasteiger partial charge in [0.1, 0.15) is 5.82 Å². The van der Waals surface area contributed by atoms with Crippen molar-refractivity contribution in [2.75, 3.05) is 49.5 Å². The number of carboxylic acids is 1. The van der Waals surface area contributed by atoms with Crippen molar-refractivity contribution < 1.29 is 27.9 Å². The largest absolute Gasteiger partial charge is 0.490 e. The number of anilines is 2. The average molecular weight is 603 g/mol. The number of carboxylic acid groups (broad SMARTS) is 1. The molecule has 1 amide bonds. The molecule has 1 unspecified atom stereocenters. The van der Waals surface area contributed by atoms with Gasteiger partial charge in [0.25, 0.3) is 0 Å². The standard InChI is InChI=1S/C24H30Cl2N6O.C2HF3O2/c25-19-2-1-17(20(26)13-19)15-29-21-4-9-28-23(30-21)31-10-5-24(6-11-31)7-12-32(16-24)22(33)18-3-8-27-14-18;3-2(4,5)1(6)7/h1-2,4,9,13,18,27H,3,5-8,10-12,14-16H2,(H,28,29,30);(H,6,7). The molecule has 218 valence electrons. The van der Waals surface area contributed by atoms with E-state index in [-0.39, 0.29) is 11.3 Å². The first-order valence-electron chi connectivity index (χ1n) is 13.0. The van der Waals surface area contributed by atoms with E-state index in [1.165, 1.54) is 0 Å². The van der Waals surface area contributed by atoms with Crippen LogP contribution in [0.2, 0.25) is 10.0 Å². The Labute approximate surface area is 240 Å². The van der Waals surface area contributed by atoms with Gasteiger partial charge in [-0.05, 0) is 61.4 Å². The monoisotopic (exact) mass is 602 g/mol. The molecule has 9 nitrogen and oxygen atoms in total. The van der Waals surface area contributed by atoms with Gasteiger partial charge in [0.2, 0.25) is 11.9 Å². The molecule has 0 radical (unpaired) electrons. The van der Waals surface area contributed by atoms with Crippen LogP contribution in [-0.4, -0.2) is 77.3 Å². The van der Waals surface area contributed by atoms with Gasteiger partial charge in [-0.2, -0.15) is 18.2 Å². The molecule has 1 spiro atoms. The van der Waals surface area contributed by atoms with Crippen molar-refractivity contribution in [3.05, 3.63) is 46.1 Å². The molecule has 3 aliphatic rings. The number of alkyl halides is 3. The number of nitrogens with one attached hydrogen (secondary N) is 2. The number of hydrogen-bond donors (Lipinski definition) is 3. The number of aromatic nitrogens is 2. The Bertz CT molecular complexity index is 1200. The van der Waals surface area contributed by atoms with Crippen LogP contribution in [0.4, 0.5) is 24.9 Å². The highest BCUT2D eigenvalue weighted by atomic mass is 35.5. The quantitative estimate of drug-likeness (QED) is 0.460. The Morgan fingerprint density at radius 2 is 1.85 bits per heavy atom. The van der Waals surface area contributed by atoms with Crippen molar-refractivity contribution in [2.24, 2.45) is 11.3 Å². The summed E-state index contributed by atoms with van der Waals surface area (Å²) in [7, 11) is 0. The van der Waals surface area contributed by atoms with Crippen molar-refractivity contribution in [3.63, 3.8) is 0 Å². The SMILES string of the molecule is O=C(C1CCNC1)N1CCC2(CCN(c3nccc(NCc4ccc(Cl)cc4Cl)n3)CC2)C1.O=C(O)C(F)(F)F. The molecule has 4 heterocycles. The Morgan fingerprint density at radius 1 is 1.15 bits per heavy atom. The number of benzene rings is 1. The molecule has 2 aromatic rings. The van der Waals surface area contributed by atoms with Crippen LogP contribution in [0.15, 0.2) is 30.5 Å². The van der Waals surface area contributed by atoms with Crippen molar-refractivity contribution in [1.29, 1.82) is 0 Å². The van der Waals surface area contributed by atoms with E-state index in [1.807, 2.05) is 18.2 Å². The molecule has 0 saturated carbocycles. The zero-order valence-electron chi connectivity index (χ0n) is 21.7. The van der Waals surface area contributed by atoms with Gasteiger partial charge in [-0.25, -0.2) is 9.78 Å². The molecule has 1 atom stereocenters. The molecule has 14 heteroatoms. The Kier molecular flexibility index (Phi) is 9.63. The zero-order valence-corrected chi connectivity index (χ0v) is 23.2. The minimum absolute atomic E-state index is 0.173. The molecule has 5 rings (SSSR count). The summed E-state index contributed by atoms with van der Waals surface area (Å²) in [5.74, 6) is -0.713. The number of carbonyl (C=O) groups is 2.